The fraction of sp³-hybridized carbons (Fsp3) is 0.579. The summed E-state index contributed by atoms with van der Waals surface area (Å²) in [5.41, 5.74) is 1.90. The predicted octanol–water partition coefficient (Wildman–Crippen LogP) is 3.40. The minimum absolute atomic E-state index is 0.00752. The van der Waals surface area contributed by atoms with Gasteiger partial charge in [-0.2, -0.15) is 11.8 Å². The van der Waals surface area contributed by atoms with Gasteiger partial charge in [-0.25, -0.2) is 22.8 Å². The molecule has 0 spiro atoms. The number of rotatable bonds is 7. The Morgan fingerprint density at radius 2 is 1.86 bits per heavy atom. The van der Waals surface area contributed by atoms with Gasteiger partial charge in [-0.3, -0.25) is 0 Å². The van der Waals surface area contributed by atoms with Crippen molar-refractivity contribution in [3.63, 3.8) is 0 Å². The van der Waals surface area contributed by atoms with Gasteiger partial charge in [0.15, 0.2) is 0 Å². The van der Waals surface area contributed by atoms with Crippen LogP contribution in [0.2, 0.25) is 5.02 Å². The number of carbonyl (C=O) groups excluding carboxylic acids is 2. The number of nitrogens with two attached hydrogens (primary N) is 1. The second-order valence-corrected chi connectivity index (χ2v) is 8.68. The van der Waals surface area contributed by atoms with Crippen molar-refractivity contribution in [2.45, 2.75) is 42.5 Å². The Kier molecular flexibility index (Phi) is 6.13. The van der Waals surface area contributed by atoms with Gasteiger partial charge in [0.05, 0.1) is 18.2 Å². The van der Waals surface area contributed by atoms with E-state index in [1.807, 2.05) is 0 Å². The monoisotopic (exact) mass is 451 g/mol. The SMILES string of the molecule is CCOC(=O)[C@@]1(N)[C@H]2[C@@H](C[C@H]1SCc1c(F)ccc(Cl)c1F)[C@]2(F)C(=O)OCC. The fourth-order valence-corrected chi connectivity index (χ4v) is 5.84. The van der Waals surface area contributed by atoms with Crippen molar-refractivity contribution >= 4 is 35.3 Å². The van der Waals surface area contributed by atoms with E-state index in [1.165, 1.54) is 0 Å². The van der Waals surface area contributed by atoms with Crippen LogP contribution in [0.15, 0.2) is 12.1 Å². The molecule has 1 aromatic carbocycles. The molecule has 0 amide bonds. The summed E-state index contributed by atoms with van der Waals surface area (Å²) in [6.07, 6.45) is 0.0732. The summed E-state index contributed by atoms with van der Waals surface area (Å²) >= 11 is 6.72. The summed E-state index contributed by atoms with van der Waals surface area (Å²) in [7, 11) is 0. The van der Waals surface area contributed by atoms with Gasteiger partial charge in [-0.05, 0) is 32.4 Å². The molecule has 29 heavy (non-hydrogen) atoms. The number of fused-ring (bicyclic) bond motifs is 1. The molecule has 5 nitrogen and oxygen atoms in total. The standard InChI is InChI=1S/C19H21ClF3NO4S/c1-3-27-16(25)18(23)10-7-13(19(24,15(10)18)17(26)28-4-2)29-8-9-12(21)6-5-11(20)14(9)22/h5-6,10,13,15H,3-4,7-8,24H2,1-2H3/t10-,13-,15+,18-,19+/m1/s1. The van der Waals surface area contributed by atoms with Gasteiger partial charge in [0.2, 0.25) is 5.67 Å². The molecule has 1 aromatic rings. The zero-order chi connectivity index (χ0) is 21.6. The van der Waals surface area contributed by atoms with E-state index in [0.29, 0.717) is 0 Å². The first-order chi connectivity index (χ1) is 13.6. The highest BCUT2D eigenvalue weighted by Crippen LogP contribution is 2.69. The second kappa shape index (κ2) is 8.00. The number of carbonyl (C=O) groups is 2. The molecule has 0 unspecified atom stereocenters. The maximum atomic E-state index is 15.3. The number of hydrogen-bond donors (Lipinski definition) is 1. The number of esters is 2. The molecule has 0 radical (unpaired) electrons. The molecule has 10 heteroatoms. The average molecular weight is 452 g/mol. The van der Waals surface area contributed by atoms with Crippen LogP contribution < -0.4 is 5.73 Å². The van der Waals surface area contributed by atoms with E-state index in [1.54, 1.807) is 13.8 Å². The Labute approximate surface area is 175 Å². The van der Waals surface area contributed by atoms with Gasteiger partial charge >= 0.3 is 11.9 Å². The third-order valence-corrected chi connectivity index (χ3v) is 7.32. The quantitative estimate of drug-likeness (QED) is 0.505. The van der Waals surface area contributed by atoms with Gasteiger partial charge in [-0.1, -0.05) is 11.6 Å². The van der Waals surface area contributed by atoms with Crippen LogP contribution in [0.5, 0.6) is 0 Å². The molecule has 0 bridgehead atoms. The number of benzene rings is 1. The van der Waals surface area contributed by atoms with Crippen molar-refractivity contribution < 1.29 is 32.2 Å². The molecular formula is C19H21ClF3NO4S. The zero-order valence-electron chi connectivity index (χ0n) is 15.8. The second-order valence-electron chi connectivity index (χ2n) is 7.08. The van der Waals surface area contributed by atoms with Crippen molar-refractivity contribution in [1.82, 2.24) is 0 Å². The van der Waals surface area contributed by atoms with Crippen LogP contribution in [0.3, 0.4) is 0 Å². The van der Waals surface area contributed by atoms with E-state index in [4.69, 9.17) is 26.8 Å². The third kappa shape index (κ3) is 3.41. The number of halogens is 4. The number of hydrogen-bond acceptors (Lipinski definition) is 6. The molecule has 2 aliphatic carbocycles. The Morgan fingerprint density at radius 1 is 1.24 bits per heavy atom. The largest absolute Gasteiger partial charge is 0.465 e. The summed E-state index contributed by atoms with van der Waals surface area (Å²) in [6.45, 7) is 3.13. The first-order valence-electron chi connectivity index (χ1n) is 9.20. The summed E-state index contributed by atoms with van der Waals surface area (Å²) in [5.74, 6) is -5.67. The third-order valence-electron chi connectivity index (χ3n) is 5.59. The number of ether oxygens (including phenoxy) is 2. The lowest BCUT2D eigenvalue weighted by Crippen LogP contribution is -2.59. The first kappa shape index (κ1) is 22.2. The van der Waals surface area contributed by atoms with Crippen molar-refractivity contribution in [3.8, 4) is 0 Å². The van der Waals surface area contributed by atoms with Crippen molar-refractivity contribution in [3.05, 3.63) is 34.4 Å². The molecule has 0 saturated heterocycles. The minimum atomic E-state index is -2.36. The number of alkyl halides is 1. The van der Waals surface area contributed by atoms with Crippen LogP contribution in [0.1, 0.15) is 25.8 Å². The van der Waals surface area contributed by atoms with Crippen LogP contribution in [0.4, 0.5) is 13.2 Å². The highest BCUT2D eigenvalue weighted by molar-refractivity contribution is 7.99. The Hall–Kier alpha value is -1.45. The van der Waals surface area contributed by atoms with Gasteiger partial charge in [-0.15, -0.1) is 0 Å². The van der Waals surface area contributed by atoms with Crippen LogP contribution in [0.25, 0.3) is 0 Å². The van der Waals surface area contributed by atoms with Crippen LogP contribution >= 0.6 is 23.4 Å². The van der Waals surface area contributed by atoms with Crippen LogP contribution in [-0.2, 0) is 24.8 Å². The van der Waals surface area contributed by atoms with E-state index in [2.05, 4.69) is 0 Å². The predicted molar refractivity (Wildman–Crippen MR) is 102 cm³/mol. The van der Waals surface area contributed by atoms with Crippen LogP contribution in [0, 0.1) is 23.5 Å². The molecule has 2 saturated carbocycles. The Morgan fingerprint density at radius 3 is 2.48 bits per heavy atom. The van der Waals surface area contributed by atoms with E-state index in [9.17, 15) is 18.4 Å². The minimum Gasteiger partial charge on any atom is -0.465 e. The Balaban J connectivity index is 1.84. The maximum Gasteiger partial charge on any atom is 0.344 e. The normalized spacial score (nSPS) is 32.6. The summed E-state index contributed by atoms with van der Waals surface area (Å²) in [5, 5.41) is -0.932. The summed E-state index contributed by atoms with van der Waals surface area (Å²) in [4.78, 5) is 24.7. The average Bonchev–Trinajstić information content (AvgIpc) is 3.15. The lowest BCUT2D eigenvalue weighted by atomic mass is 9.90. The first-order valence-corrected chi connectivity index (χ1v) is 10.6. The Bertz CT molecular complexity index is 844. The zero-order valence-corrected chi connectivity index (χ0v) is 17.4. The molecule has 0 aliphatic heterocycles. The van der Waals surface area contributed by atoms with E-state index in [-0.39, 0.29) is 36.0 Å². The van der Waals surface area contributed by atoms with E-state index >= 15 is 4.39 Å². The molecular weight excluding hydrogens is 431 g/mol. The molecule has 2 N–H and O–H groups in total. The molecule has 0 heterocycles. The lowest BCUT2D eigenvalue weighted by Gasteiger charge is -2.33. The van der Waals surface area contributed by atoms with Crippen molar-refractivity contribution in [2.24, 2.45) is 17.6 Å². The van der Waals surface area contributed by atoms with Crippen molar-refractivity contribution in [2.75, 3.05) is 13.2 Å². The highest BCUT2D eigenvalue weighted by atomic mass is 35.5. The molecule has 160 valence electrons. The molecule has 2 aliphatic rings. The molecule has 3 rings (SSSR count). The molecule has 5 atom stereocenters. The van der Waals surface area contributed by atoms with Gasteiger partial charge in [0.1, 0.15) is 17.2 Å². The van der Waals surface area contributed by atoms with Gasteiger partial charge in [0.25, 0.3) is 0 Å². The maximum absolute atomic E-state index is 15.3. The van der Waals surface area contributed by atoms with E-state index in [0.717, 1.165) is 23.9 Å². The fourth-order valence-electron chi connectivity index (χ4n) is 4.16. The highest BCUT2D eigenvalue weighted by Gasteiger charge is 2.85. The molecule has 0 aromatic heterocycles. The molecule has 2 fully saturated rings. The smallest absolute Gasteiger partial charge is 0.344 e. The summed E-state index contributed by atoms with van der Waals surface area (Å²) in [6, 6.07) is 2.15. The lowest BCUT2D eigenvalue weighted by molar-refractivity contribution is -0.156. The summed E-state index contributed by atoms with van der Waals surface area (Å²) < 4.78 is 53.3. The van der Waals surface area contributed by atoms with Crippen molar-refractivity contribution in [1.29, 1.82) is 0 Å². The van der Waals surface area contributed by atoms with E-state index < -0.39 is 51.9 Å². The van der Waals surface area contributed by atoms with Crippen LogP contribution in [-0.4, -0.2) is 41.6 Å². The number of thioether (sulfide) groups is 1. The van der Waals surface area contributed by atoms with Gasteiger partial charge in [0, 0.05) is 28.4 Å². The topological polar surface area (TPSA) is 78.6 Å². The van der Waals surface area contributed by atoms with Gasteiger partial charge < -0.3 is 15.2 Å².